The van der Waals surface area contributed by atoms with Crippen LogP contribution in [0.5, 0.6) is 5.75 Å². The fourth-order valence-corrected chi connectivity index (χ4v) is 3.12. The first-order valence-electron chi connectivity index (χ1n) is 6.66. The Morgan fingerprint density at radius 2 is 1.95 bits per heavy atom. The molecule has 1 aromatic carbocycles. The highest BCUT2D eigenvalue weighted by Gasteiger charge is 2.45. The summed E-state index contributed by atoms with van der Waals surface area (Å²) in [5.41, 5.74) is 0.603. The molecule has 0 saturated heterocycles. The Kier molecular flexibility index (Phi) is 4.96. The second-order valence-corrected chi connectivity index (χ2v) is 6.02. The van der Waals surface area contributed by atoms with Crippen LogP contribution in [-0.4, -0.2) is 17.3 Å². The Morgan fingerprint density at radius 1 is 1.25 bits per heavy atom. The minimum Gasteiger partial charge on any atom is -0.506 e. The van der Waals surface area contributed by atoms with E-state index in [1.54, 1.807) is 18.2 Å². The summed E-state index contributed by atoms with van der Waals surface area (Å²) >= 11 is 3.20. The van der Waals surface area contributed by atoms with Crippen LogP contribution in [-0.2, 0) is 6.54 Å². The normalized spacial score (nSPS) is 23.8. The first kappa shape index (κ1) is 15.6. The topological polar surface area (TPSA) is 32.3 Å². The van der Waals surface area contributed by atoms with E-state index in [9.17, 15) is 18.3 Å². The number of rotatable bonds is 3. The monoisotopic (exact) mass is 351 g/mol. The first-order valence-corrected chi connectivity index (χ1v) is 7.45. The number of phenolic OH excluding ortho intramolecular Hbond substituents is 1. The lowest BCUT2D eigenvalue weighted by Gasteiger charge is -2.33. The van der Waals surface area contributed by atoms with Gasteiger partial charge in [0.25, 0.3) is 0 Å². The summed E-state index contributed by atoms with van der Waals surface area (Å²) < 4.78 is 39.4. The van der Waals surface area contributed by atoms with Gasteiger partial charge in [-0.1, -0.05) is 25.0 Å². The Labute approximate surface area is 124 Å². The van der Waals surface area contributed by atoms with Gasteiger partial charge in [0.2, 0.25) is 0 Å². The van der Waals surface area contributed by atoms with E-state index in [1.807, 2.05) is 0 Å². The van der Waals surface area contributed by atoms with Crippen molar-refractivity contribution in [2.45, 2.75) is 44.4 Å². The van der Waals surface area contributed by atoms with Crippen molar-refractivity contribution in [1.82, 2.24) is 5.32 Å². The highest BCUT2D eigenvalue weighted by Crippen LogP contribution is 2.38. The lowest BCUT2D eigenvalue weighted by molar-refractivity contribution is -0.189. The van der Waals surface area contributed by atoms with Gasteiger partial charge in [-0.15, -0.1) is 0 Å². The standard InChI is InChI=1S/C14H17BrF3NO/c15-11-6-3-4-9(13(11)20)8-19-12-7-2-1-5-10(12)14(16,17)18/h3-4,6,10,12,19-20H,1-2,5,7-8H2. The number of hydrogen-bond donors (Lipinski definition) is 2. The van der Waals surface area contributed by atoms with Gasteiger partial charge in [0, 0.05) is 18.2 Å². The van der Waals surface area contributed by atoms with Gasteiger partial charge in [0.05, 0.1) is 10.4 Å². The number of nitrogens with one attached hydrogen (secondary N) is 1. The van der Waals surface area contributed by atoms with Crippen molar-refractivity contribution in [3.8, 4) is 5.75 Å². The molecule has 2 nitrogen and oxygen atoms in total. The molecular weight excluding hydrogens is 335 g/mol. The van der Waals surface area contributed by atoms with Crippen LogP contribution in [0.3, 0.4) is 0 Å². The zero-order valence-corrected chi connectivity index (χ0v) is 12.5. The van der Waals surface area contributed by atoms with E-state index in [0.29, 0.717) is 22.9 Å². The molecule has 0 aromatic heterocycles. The van der Waals surface area contributed by atoms with Crippen LogP contribution < -0.4 is 5.32 Å². The fourth-order valence-electron chi connectivity index (χ4n) is 2.71. The highest BCUT2D eigenvalue weighted by atomic mass is 79.9. The van der Waals surface area contributed by atoms with Crippen molar-refractivity contribution in [3.63, 3.8) is 0 Å². The van der Waals surface area contributed by atoms with Crippen molar-refractivity contribution < 1.29 is 18.3 Å². The van der Waals surface area contributed by atoms with Crippen LogP contribution in [0.1, 0.15) is 31.2 Å². The average molecular weight is 352 g/mol. The number of para-hydroxylation sites is 1. The maximum absolute atomic E-state index is 13.0. The van der Waals surface area contributed by atoms with E-state index >= 15 is 0 Å². The van der Waals surface area contributed by atoms with E-state index < -0.39 is 18.1 Å². The second kappa shape index (κ2) is 6.35. The molecule has 0 aliphatic heterocycles. The molecule has 1 fully saturated rings. The summed E-state index contributed by atoms with van der Waals surface area (Å²) in [7, 11) is 0. The van der Waals surface area contributed by atoms with Gasteiger partial charge < -0.3 is 10.4 Å². The molecule has 0 amide bonds. The SMILES string of the molecule is Oc1c(Br)cccc1CNC1CCCCC1C(F)(F)F. The fraction of sp³-hybridized carbons (Fsp3) is 0.571. The summed E-state index contributed by atoms with van der Waals surface area (Å²) in [4.78, 5) is 0. The smallest absolute Gasteiger partial charge is 0.393 e. The minimum absolute atomic E-state index is 0.0827. The molecule has 20 heavy (non-hydrogen) atoms. The Morgan fingerprint density at radius 3 is 2.65 bits per heavy atom. The van der Waals surface area contributed by atoms with Crippen LogP contribution in [0, 0.1) is 5.92 Å². The Hall–Kier alpha value is -0.750. The number of benzene rings is 1. The molecule has 1 aliphatic carbocycles. The average Bonchev–Trinajstić information content (AvgIpc) is 2.40. The molecule has 112 valence electrons. The molecule has 0 bridgehead atoms. The van der Waals surface area contributed by atoms with Gasteiger partial charge in [0.15, 0.2) is 0 Å². The minimum atomic E-state index is -4.16. The van der Waals surface area contributed by atoms with Gasteiger partial charge in [-0.2, -0.15) is 13.2 Å². The lowest BCUT2D eigenvalue weighted by atomic mass is 9.84. The van der Waals surface area contributed by atoms with Gasteiger partial charge >= 0.3 is 6.18 Å². The van der Waals surface area contributed by atoms with Gasteiger partial charge in [-0.3, -0.25) is 0 Å². The molecule has 1 saturated carbocycles. The number of aromatic hydroxyl groups is 1. The Bertz CT molecular complexity index is 464. The van der Waals surface area contributed by atoms with Gasteiger partial charge in [-0.05, 0) is 34.8 Å². The summed E-state index contributed by atoms with van der Waals surface area (Å²) in [5, 5.41) is 12.8. The molecule has 6 heteroatoms. The zero-order chi connectivity index (χ0) is 14.8. The van der Waals surface area contributed by atoms with Crippen molar-refractivity contribution in [1.29, 1.82) is 0 Å². The maximum Gasteiger partial charge on any atom is 0.393 e. The third kappa shape index (κ3) is 3.67. The van der Waals surface area contributed by atoms with Crippen LogP contribution in [0.15, 0.2) is 22.7 Å². The predicted molar refractivity (Wildman–Crippen MR) is 74.4 cm³/mol. The molecule has 2 unspecified atom stereocenters. The van der Waals surface area contributed by atoms with Crippen LogP contribution in [0.2, 0.25) is 0 Å². The molecule has 2 rings (SSSR count). The molecule has 1 aromatic rings. The third-order valence-corrected chi connectivity index (χ3v) is 4.45. The summed E-state index contributed by atoms with van der Waals surface area (Å²) in [6.45, 7) is 0.239. The largest absolute Gasteiger partial charge is 0.506 e. The molecule has 2 N–H and O–H groups in total. The first-order chi connectivity index (χ1) is 9.39. The highest BCUT2D eigenvalue weighted by molar-refractivity contribution is 9.10. The zero-order valence-electron chi connectivity index (χ0n) is 10.9. The van der Waals surface area contributed by atoms with Crippen molar-refractivity contribution in [3.05, 3.63) is 28.2 Å². The summed E-state index contributed by atoms with van der Waals surface area (Å²) in [6.07, 6.45) is -2.00. The van der Waals surface area contributed by atoms with E-state index in [2.05, 4.69) is 21.2 Å². The summed E-state index contributed by atoms with van der Waals surface area (Å²) in [5.74, 6) is -1.20. The van der Waals surface area contributed by atoms with E-state index in [0.717, 1.165) is 6.42 Å². The van der Waals surface area contributed by atoms with Crippen molar-refractivity contribution in [2.24, 2.45) is 5.92 Å². The Balaban J connectivity index is 2.03. The molecular formula is C14H17BrF3NO. The van der Waals surface area contributed by atoms with Crippen LogP contribution in [0.25, 0.3) is 0 Å². The molecule has 0 spiro atoms. The number of hydrogen-bond acceptors (Lipinski definition) is 2. The predicted octanol–water partition coefficient (Wildman–Crippen LogP) is 4.37. The maximum atomic E-state index is 13.0. The van der Waals surface area contributed by atoms with Gasteiger partial charge in [-0.25, -0.2) is 0 Å². The van der Waals surface area contributed by atoms with Crippen LogP contribution in [0.4, 0.5) is 13.2 Å². The molecule has 1 aliphatic rings. The van der Waals surface area contributed by atoms with Gasteiger partial charge in [0.1, 0.15) is 5.75 Å². The third-order valence-electron chi connectivity index (χ3n) is 3.81. The molecule has 0 heterocycles. The number of alkyl halides is 3. The number of phenols is 1. The lowest BCUT2D eigenvalue weighted by Crippen LogP contribution is -2.45. The van der Waals surface area contributed by atoms with Crippen LogP contribution >= 0.6 is 15.9 Å². The quantitative estimate of drug-likeness (QED) is 0.847. The van der Waals surface area contributed by atoms with Crippen molar-refractivity contribution >= 4 is 15.9 Å². The van der Waals surface area contributed by atoms with E-state index in [1.165, 1.54) is 0 Å². The molecule has 2 atom stereocenters. The van der Waals surface area contributed by atoms with E-state index in [4.69, 9.17) is 0 Å². The second-order valence-electron chi connectivity index (χ2n) is 5.17. The van der Waals surface area contributed by atoms with E-state index in [-0.39, 0.29) is 18.7 Å². The number of halogens is 4. The summed E-state index contributed by atoms with van der Waals surface area (Å²) in [6, 6.07) is 4.58. The van der Waals surface area contributed by atoms with Crippen molar-refractivity contribution in [2.75, 3.05) is 0 Å². The molecule has 0 radical (unpaired) electrons.